The highest BCUT2D eigenvalue weighted by Gasteiger charge is 2.27. The number of carboxylic acid groups (broad SMARTS) is 1. The zero-order valence-corrected chi connectivity index (χ0v) is 8.04. The zero-order valence-electron chi connectivity index (χ0n) is 7.23. The van der Waals surface area contributed by atoms with E-state index in [1.165, 1.54) is 0 Å². The molecule has 0 rings (SSSR count). The number of carboxylic acids is 1. The lowest BCUT2D eigenvalue weighted by molar-refractivity contribution is -0.132. The molecule has 0 aliphatic rings. The molecule has 0 saturated heterocycles. The summed E-state index contributed by atoms with van der Waals surface area (Å²) in [5.74, 6) is -1.29. The van der Waals surface area contributed by atoms with E-state index >= 15 is 0 Å². The van der Waals surface area contributed by atoms with Crippen molar-refractivity contribution in [2.75, 3.05) is 18.8 Å². The van der Waals surface area contributed by atoms with Gasteiger partial charge in [-0.3, -0.25) is 0 Å². The number of carbonyl (C=O) groups is 1. The monoisotopic (exact) mass is 229 g/mol. The van der Waals surface area contributed by atoms with E-state index in [0.29, 0.717) is 0 Å². The first kappa shape index (κ1) is 13.3. The Morgan fingerprint density at radius 3 is 2.50 bits per heavy atom. The normalized spacial score (nSPS) is 11.4. The van der Waals surface area contributed by atoms with Crippen molar-refractivity contribution in [2.45, 2.75) is 5.51 Å². The fourth-order valence-corrected chi connectivity index (χ4v) is 1.03. The summed E-state index contributed by atoms with van der Waals surface area (Å²) in [4.78, 5) is 10.2. The van der Waals surface area contributed by atoms with Crippen LogP contribution in [0.15, 0.2) is 12.2 Å². The van der Waals surface area contributed by atoms with Crippen LogP contribution >= 0.6 is 11.8 Å². The summed E-state index contributed by atoms with van der Waals surface area (Å²) in [7, 11) is 0. The highest BCUT2D eigenvalue weighted by Crippen LogP contribution is 2.29. The fourth-order valence-electron chi connectivity index (χ4n) is 0.554. The molecule has 0 unspecified atom stereocenters. The quantitative estimate of drug-likeness (QED) is 0.535. The lowest BCUT2D eigenvalue weighted by Crippen LogP contribution is -2.23. The van der Waals surface area contributed by atoms with Gasteiger partial charge in [-0.15, -0.1) is 0 Å². The van der Waals surface area contributed by atoms with Crippen molar-refractivity contribution in [1.29, 1.82) is 0 Å². The molecule has 0 heterocycles. The van der Waals surface area contributed by atoms with E-state index in [4.69, 9.17) is 5.11 Å². The molecule has 0 amide bonds. The van der Waals surface area contributed by atoms with Crippen LogP contribution in [0.3, 0.4) is 0 Å². The second kappa shape index (κ2) is 5.92. The van der Waals surface area contributed by atoms with Crippen molar-refractivity contribution in [3.63, 3.8) is 0 Å². The number of halogens is 3. The number of alkyl halides is 3. The number of aliphatic carboxylic acids is 1. The second-order valence-corrected chi connectivity index (χ2v) is 3.54. The van der Waals surface area contributed by atoms with E-state index in [1.54, 1.807) is 0 Å². The average Bonchev–Trinajstić information content (AvgIpc) is 2.01. The second-order valence-electron chi connectivity index (χ2n) is 2.38. The van der Waals surface area contributed by atoms with Gasteiger partial charge in [-0.2, -0.15) is 13.2 Å². The zero-order chi connectivity index (χ0) is 11.2. The molecule has 3 nitrogen and oxygen atoms in total. The van der Waals surface area contributed by atoms with E-state index in [0.717, 1.165) is 0 Å². The van der Waals surface area contributed by atoms with Gasteiger partial charge in [-0.1, -0.05) is 6.58 Å². The Bertz CT molecular complexity index is 217. The first-order valence-corrected chi connectivity index (χ1v) is 4.64. The molecule has 0 atom stereocenters. The summed E-state index contributed by atoms with van der Waals surface area (Å²) in [5.41, 5.74) is -4.30. The number of hydrogen-bond acceptors (Lipinski definition) is 3. The standard InChI is InChI=1S/C7H10F3NO2S/c1-5(6(12)13)4-11-2-3-14-7(8,9)10/h11H,1-4H2,(H,12,13). The van der Waals surface area contributed by atoms with Crippen LogP contribution in [0, 0.1) is 0 Å². The highest BCUT2D eigenvalue weighted by molar-refractivity contribution is 8.00. The lowest BCUT2D eigenvalue weighted by atomic mass is 10.3. The van der Waals surface area contributed by atoms with Gasteiger partial charge in [-0.05, 0) is 11.8 Å². The summed E-state index contributed by atoms with van der Waals surface area (Å²) in [6.45, 7) is 3.30. The van der Waals surface area contributed by atoms with Gasteiger partial charge in [-0.25, -0.2) is 4.79 Å². The van der Waals surface area contributed by atoms with Crippen LogP contribution in [0.1, 0.15) is 0 Å². The molecule has 0 aliphatic heterocycles. The molecule has 7 heteroatoms. The molecule has 0 aromatic heterocycles. The summed E-state index contributed by atoms with van der Waals surface area (Å²) >= 11 is -0.146. The van der Waals surface area contributed by atoms with Crippen molar-refractivity contribution in [2.24, 2.45) is 0 Å². The molecule has 2 N–H and O–H groups in total. The van der Waals surface area contributed by atoms with Crippen molar-refractivity contribution in [1.82, 2.24) is 5.32 Å². The van der Waals surface area contributed by atoms with E-state index in [1.807, 2.05) is 0 Å². The van der Waals surface area contributed by atoms with Crippen molar-refractivity contribution < 1.29 is 23.1 Å². The predicted molar refractivity (Wildman–Crippen MR) is 48.2 cm³/mol. The molecule has 0 aliphatic carbocycles. The topological polar surface area (TPSA) is 49.3 Å². The molecule has 0 fully saturated rings. The molecule has 14 heavy (non-hydrogen) atoms. The van der Waals surface area contributed by atoms with Gasteiger partial charge < -0.3 is 10.4 Å². The van der Waals surface area contributed by atoms with Crippen LogP contribution in [0.5, 0.6) is 0 Å². The van der Waals surface area contributed by atoms with Crippen LogP contribution in [0.25, 0.3) is 0 Å². The van der Waals surface area contributed by atoms with Crippen LogP contribution in [-0.2, 0) is 4.79 Å². The number of thioether (sulfide) groups is 1. The first-order chi connectivity index (χ1) is 6.33. The van der Waals surface area contributed by atoms with Crippen molar-refractivity contribution in [3.05, 3.63) is 12.2 Å². The maximum atomic E-state index is 11.6. The minimum atomic E-state index is -4.23. The van der Waals surface area contributed by atoms with E-state index in [9.17, 15) is 18.0 Å². The van der Waals surface area contributed by atoms with Gasteiger partial charge in [0.1, 0.15) is 0 Å². The number of hydrogen-bond donors (Lipinski definition) is 2. The Labute approximate surface area is 83.4 Å². The van der Waals surface area contributed by atoms with Crippen LogP contribution in [0.2, 0.25) is 0 Å². The number of rotatable bonds is 6. The summed E-state index contributed by atoms with van der Waals surface area (Å²) in [6.07, 6.45) is 0. The maximum Gasteiger partial charge on any atom is 0.441 e. The van der Waals surface area contributed by atoms with Crippen LogP contribution in [-0.4, -0.2) is 35.4 Å². The summed E-state index contributed by atoms with van der Waals surface area (Å²) in [6, 6.07) is 0. The Morgan fingerprint density at radius 2 is 2.07 bits per heavy atom. The predicted octanol–water partition coefficient (Wildman–Crippen LogP) is 1.47. The summed E-state index contributed by atoms with van der Waals surface area (Å²) < 4.78 is 34.8. The molecule has 0 aromatic rings. The van der Waals surface area contributed by atoms with Crippen molar-refractivity contribution >= 4 is 17.7 Å². The fraction of sp³-hybridized carbons (Fsp3) is 0.571. The van der Waals surface area contributed by atoms with Gasteiger partial charge in [0.2, 0.25) is 0 Å². The Hall–Kier alpha value is -0.690. The third kappa shape index (κ3) is 7.93. The smallest absolute Gasteiger partial charge is 0.441 e. The molecule has 0 aromatic carbocycles. The third-order valence-corrected chi connectivity index (χ3v) is 1.92. The third-order valence-electron chi connectivity index (χ3n) is 1.19. The van der Waals surface area contributed by atoms with E-state index in [-0.39, 0.29) is 36.2 Å². The van der Waals surface area contributed by atoms with E-state index in [2.05, 4.69) is 11.9 Å². The van der Waals surface area contributed by atoms with Gasteiger partial charge in [0.15, 0.2) is 0 Å². The SMILES string of the molecule is C=C(CNCCSC(F)(F)F)C(=O)O. The molecule has 0 spiro atoms. The molecule has 0 radical (unpaired) electrons. The minimum absolute atomic E-state index is 0.00620. The highest BCUT2D eigenvalue weighted by atomic mass is 32.2. The van der Waals surface area contributed by atoms with Crippen LogP contribution < -0.4 is 5.32 Å². The average molecular weight is 229 g/mol. The van der Waals surface area contributed by atoms with Crippen molar-refractivity contribution in [3.8, 4) is 0 Å². The molecule has 0 bridgehead atoms. The Balaban J connectivity index is 3.39. The molecule has 82 valence electrons. The first-order valence-electron chi connectivity index (χ1n) is 3.65. The largest absolute Gasteiger partial charge is 0.478 e. The van der Waals surface area contributed by atoms with Gasteiger partial charge >= 0.3 is 11.5 Å². The van der Waals surface area contributed by atoms with Gasteiger partial charge in [0.05, 0.1) is 0 Å². The van der Waals surface area contributed by atoms with E-state index < -0.39 is 11.5 Å². The minimum Gasteiger partial charge on any atom is -0.478 e. The lowest BCUT2D eigenvalue weighted by Gasteiger charge is -2.06. The molecular formula is C7H10F3NO2S. The molecule has 0 saturated carbocycles. The number of nitrogens with one attached hydrogen (secondary N) is 1. The summed E-state index contributed by atoms with van der Waals surface area (Å²) in [5, 5.41) is 10.9. The Kier molecular flexibility index (Phi) is 5.63. The van der Waals surface area contributed by atoms with Gasteiger partial charge in [0, 0.05) is 24.4 Å². The Morgan fingerprint density at radius 1 is 1.50 bits per heavy atom. The molecular weight excluding hydrogens is 219 g/mol. The van der Waals surface area contributed by atoms with Gasteiger partial charge in [0.25, 0.3) is 0 Å². The maximum absolute atomic E-state index is 11.6. The van der Waals surface area contributed by atoms with Crippen LogP contribution in [0.4, 0.5) is 13.2 Å².